The Hall–Kier alpha value is -1.16. The van der Waals surface area contributed by atoms with Crippen LogP contribution in [0.5, 0.6) is 0 Å². The summed E-state index contributed by atoms with van der Waals surface area (Å²) in [6, 6.07) is 9.83. The van der Waals surface area contributed by atoms with Gasteiger partial charge in [0.1, 0.15) is 6.33 Å². The maximum atomic E-state index is 4.04. The highest BCUT2D eigenvalue weighted by Gasteiger charge is 2.00. The van der Waals surface area contributed by atoms with Gasteiger partial charge in [-0.25, -0.2) is 9.67 Å². The summed E-state index contributed by atoms with van der Waals surface area (Å²) in [7, 11) is 0. The van der Waals surface area contributed by atoms with Crippen molar-refractivity contribution in [2.45, 2.75) is 0 Å². The van der Waals surface area contributed by atoms with E-state index in [0.29, 0.717) is 4.73 Å². The predicted molar refractivity (Wildman–Crippen MR) is 49.1 cm³/mol. The molecule has 2 aromatic rings. The fraction of sp³-hybridized carbons (Fsp3) is 0. The summed E-state index contributed by atoms with van der Waals surface area (Å²) in [5.74, 6) is 0. The summed E-state index contributed by atoms with van der Waals surface area (Å²) < 4.78 is 2.44. The molecule has 0 saturated carbocycles. The van der Waals surface area contributed by atoms with Crippen LogP contribution >= 0.6 is 15.9 Å². The first-order chi connectivity index (χ1) is 5.88. The van der Waals surface area contributed by atoms with Crippen molar-refractivity contribution in [1.82, 2.24) is 14.8 Å². The van der Waals surface area contributed by atoms with Gasteiger partial charge in [0, 0.05) is 0 Å². The van der Waals surface area contributed by atoms with Gasteiger partial charge in [-0.3, -0.25) is 0 Å². The standard InChI is InChI=1S/C8H6BrN3/c9-8-10-6-11-12(8)7-4-2-1-3-5-7/h1-6H. The molecule has 0 fully saturated rings. The SMILES string of the molecule is Brc1ncnn1-c1ccccc1. The molecule has 1 aromatic heterocycles. The molecule has 60 valence electrons. The Kier molecular flexibility index (Phi) is 1.91. The lowest BCUT2D eigenvalue weighted by Gasteiger charge is -1.99. The second-order valence-electron chi connectivity index (χ2n) is 2.28. The molecule has 0 bridgehead atoms. The first-order valence-corrected chi connectivity index (χ1v) is 4.28. The molecular weight excluding hydrogens is 218 g/mol. The summed E-state index contributed by atoms with van der Waals surface area (Å²) in [4.78, 5) is 3.96. The molecule has 0 atom stereocenters. The van der Waals surface area contributed by atoms with E-state index in [0.717, 1.165) is 5.69 Å². The van der Waals surface area contributed by atoms with Crippen molar-refractivity contribution < 1.29 is 0 Å². The van der Waals surface area contributed by atoms with Crippen molar-refractivity contribution in [2.75, 3.05) is 0 Å². The lowest BCUT2D eigenvalue weighted by atomic mass is 10.3. The molecule has 3 nitrogen and oxygen atoms in total. The molecule has 0 aliphatic heterocycles. The van der Waals surface area contributed by atoms with Crippen molar-refractivity contribution in [2.24, 2.45) is 0 Å². The maximum absolute atomic E-state index is 4.04. The molecule has 0 N–H and O–H groups in total. The number of benzene rings is 1. The van der Waals surface area contributed by atoms with Crippen LogP contribution in [0.4, 0.5) is 0 Å². The molecule has 1 heterocycles. The summed E-state index contributed by atoms with van der Waals surface area (Å²) in [5.41, 5.74) is 1.00. The molecule has 0 saturated heterocycles. The van der Waals surface area contributed by atoms with E-state index in [1.165, 1.54) is 6.33 Å². The first kappa shape index (κ1) is 7.49. The van der Waals surface area contributed by atoms with E-state index in [4.69, 9.17) is 0 Å². The fourth-order valence-corrected chi connectivity index (χ4v) is 1.36. The zero-order valence-corrected chi connectivity index (χ0v) is 7.77. The van der Waals surface area contributed by atoms with Crippen LogP contribution < -0.4 is 0 Å². The van der Waals surface area contributed by atoms with Crippen molar-refractivity contribution in [1.29, 1.82) is 0 Å². The number of hydrogen-bond donors (Lipinski definition) is 0. The summed E-state index contributed by atoms with van der Waals surface area (Å²) in [5, 5.41) is 4.04. The van der Waals surface area contributed by atoms with Crippen LogP contribution in [-0.2, 0) is 0 Å². The third-order valence-corrected chi connectivity index (χ3v) is 2.05. The minimum atomic E-state index is 0.716. The topological polar surface area (TPSA) is 30.7 Å². The average Bonchev–Trinajstić information content (AvgIpc) is 2.53. The Labute approximate surface area is 78.2 Å². The monoisotopic (exact) mass is 223 g/mol. The van der Waals surface area contributed by atoms with Gasteiger partial charge in [0.05, 0.1) is 5.69 Å². The van der Waals surface area contributed by atoms with E-state index in [1.54, 1.807) is 4.68 Å². The van der Waals surface area contributed by atoms with Crippen LogP contribution in [0.2, 0.25) is 0 Å². The van der Waals surface area contributed by atoms with E-state index in [9.17, 15) is 0 Å². The third-order valence-electron chi connectivity index (χ3n) is 1.51. The van der Waals surface area contributed by atoms with Gasteiger partial charge < -0.3 is 0 Å². The van der Waals surface area contributed by atoms with Gasteiger partial charge in [0.2, 0.25) is 0 Å². The molecule has 0 unspecified atom stereocenters. The van der Waals surface area contributed by atoms with E-state index in [2.05, 4.69) is 26.0 Å². The van der Waals surface area contributed by atoms with Gasteiger partial charge in [-0.15, -0.1) is 0 Å². The van der Waals surface area contributed by atoms with E-state index >= 15 is 0 Å². The quantitative estimate of drug-likeness (QED) is 0.741. The highest BCUT2D eigenvalue weighted by atomic mass is 79.9. The van der Waals surface area contributed by atoms with E-state index in [-0.39, 0.29) is 0 Å². The number of hydrogen-bond acceptors (Lipinski definition) is 2. The third kappa shape index (κ3) is 1.25. The molecule has 0 amide bonds. The van der Waals surface area contributed by atoms with Crippen molar-refractivity contribution in [3.05, 3.63) is 41.4 Å². The van der Waals surface area contributed by atoms with E-state index < -0.39 is 0 Å². The van der Waals surface area contributed by atoms with Crippen molar-refractivity contribution in [3.8, 4) is 5.69 Å². The van der Waals surface area contributed by atoms with Crippen LogP contribution in [0.15, 0.2) is 41.4 Å². The van der Waals surface area contributed by atoms with Gasteiger partial charge >= 0.3 is 0 Å². The van der Waals surface area contributed by atoms with E-state index in [1.807, 2.05) is 30.3 Å². The Morgan fingerprint density at radius 1 is 1.17 bits per heavy atom. The highest BCUT2D eigenvalue weighted by Crippen LogP contribution is 2.11. The molecule has 12 heavy (non-hydrogen) atoms. The Morgan fingerprint density at radius 3 is 2.50 bits per heavy atom. The smallest absolute Gasteiger partial charge is 0.199 e. The largest absolute Gasteiger partial charge is 0.209 e. The normalized spacial score (nSPS) is 10.1. The van der Waals surface area contributed by atoms with Crippen LogP contribution in [0.25, 0.3) is 5.69 Å². The zero-order valence-electron chi connectivity index (χ0n) is 6.18. The summed E-state index contributed by atoms with van der Waals surface area (Å²) in [6.45, 7) is 0. The van der Waals surface area contributed by atoms with Crippen molar-refractivity contribution in [3.63, 3.8) is 0 Å². The van der Waals surface area contributed by atoms with Crippen LogP contribution in [-0.4, -0.2) is 14.8 Å². The first-order valence-electron chi connectivity index (χ1n) is 3.49. The second-order valence-corrected chi connectivity index (χ2v) is 2.99. The van der Waals surface area contributed by atoms with Crippen molar-refractivity contribution >= 4 is 15.9 Å². The summed E-state index contributed by atoms with van der Waals surface area (Å²) in [6.07, 6.45) is 1.51. The average molecular weight is 224 g/mol. The molecule has 1 aromatic carbocycles. The van der Waals surface area contributed by atoms with Gasteiger partial charge in [0.15, 0.2) is 4.73 Å². The Bertz CT molecular complexity index is 369. The number of halogens is 1. The highest BCUT2D eigenvalue weighted by molar-refractivity contribution is 9.10. The lowest BCUT2D eigenvalue weighted by molar-refractivity contribution is 0.856. The molecule has 0 aliphatic rings. The van der Waals surface area contributed by atoms with Gasteiger partial charge in [-0.05, 0) is 28.1 Å². The maximum Gasteiger partial charge on any atom is 0.199 e. The molecule has 4 heteroatoms. The summed E-state index contributed by atoms with van der Waals surface area (Å²) >= 11 is 3.29. The van der Waals surface area contributed by atoms with Gasteiger partial charge in [-0.2, -0.15) is 5.10 Å². The van der Waals surface area contributed by atoms with Gasteiger partial charge in [0.25, 0.3) is 0 Å². The van der Waals surface area contributed by atoms with Crippen LogP contribution in [0.3, 0.4) is 0 Å². The van der Waals surface area contributed by atoms with Crippen LogP contribution in [0, 0.1) is 0 Å². The lowest BCUT2D eigenvalue weighted by Crippen LogP contribution is -1.95. The second kappa shape index (κ2) is 3.06. The molecule has 0 spiro atoms. The van der Waals surface area contributed by atoms with Crippen LogP contribution in [0.1, 0.15) is 0 Å². The number of nitrogens with zero attached hydrogens (tertiary/aromatic N) is 3. The Balaban J connectivity index is 2.51. The fourth-order valence-electron chi connectivity index (χ4n) is 0.970. The molecule has 0 radical (unpaired) electrons. The Morgan fingerprint density at radius 2 is 1.92 bits per heavy atom. The minimum absolute atomic E-state index is 0.716. The zero-order chi connectivity index (χ0) is 8.39. The number of rotatable bonds is 1. The number of aromatic nitrogens is 3. The number of para-hydroxylation sites is 1. The van der Waals surface area contributed by atoms with Gasteiger partial charge in [-0.1, -0.05) is 18.2 Å². The molecule has 0 aliphatic carbocycles. The molecule has 2 rings (SSSR count). The predicted octanol–water partition coefficient (Wildman–Crippen LogP) is 2.03. The minimum Gasteiger partial charge on any atom is -0.209 e. The molecular formula is C8H6BrN3.